The highest BCUT2D eigenvalue weighted by molar-refractivity contribution is 5.95. The zero-order valence-corrected chi connectivity index (χ0v) is 20.9. The van der Waals surface area contributed by atoms with Gasteiger partial charge in [0.2, 0.25) is 0 Å². The first kappa shape index (κ1) is 26.0. The van der Waals surface area contributed by atoms with Crippen LogP contribution in [-0.2, 0) is 6.61 Å². The van der Waals surface area contributed by atoms with Crippen LogP contribution >= 0.6 is 0 Å². The quantitative estimate of drug-likeness (QED) is 0.135. The minimum Gasteiger partial charge on any atom is -0.493 e. The summed E-state index contributed by atoms with van der Waals surface area (Å²) in [7, 11) is 3.02. The summed E-state index contributed by atoms with van der Waals surface area (Å²) in [4.78, 5) is 24.9. The summed E-state index contributed by atoms with van der Waals surface area (Å²) in [5, 5.41) is 4.00. The van der Waals surface area contributed by atoms with Gasteiger partial charge in [0.1, 0.15) is 18.1 Å². The van der Waals surface area contributed by atoms with Gasteiger partial charge in [0.15, 0.2) is 11.5 Å². The zero-order valence-electron chi connectivity index (χ0n) is 20.9. The number of methoxy groups -OCH3 is 2. The summed E-state index contributed by atoms with van der Waals surface area (Å²) in [6.45, 7) is 0.449. The standard InChI is InChI=1S/C30H26N2O6/c1-35-27-17-12-24(18-28(27)36-2)30(34)38-26-13-8-21(9-14-26)19-31-32-29(33)23-10-15-25(16-11-23)37-20-22-6-4-3-5-7-22/h3-19H,20H2,1-2H3,(H,32,33). The molecular formula is C30H26N2O6. The Balaban J connectivity index is 1.27. The predicted molar refractivity (Wildman–Crippen MR) is 143 cm³/mol. The molecule has 0 radical (unpaired) electrons. The van der Waals surface area contributed by atoms with Gasteiger partial charge in [0.05, 0.1) is 26.0 Å². The van der Waals surface area contributed by atoms with E-state index in [9.17, 15) is 9.59 Å². The van der Waals surface area contributed by atoms with Crippen LogP contribution in [0.1, 0.15) is 31.8 Å². The van der Waals surface area contributed by atoms with Crippen LogP contribution in [0.2, 0.25) is 0 Å². The van der Waals surface area contributed by atoms with E-state index in [1.165, 1.54) is 20.4 Å². The normalized spacial score (nSPS) is 10.6. The monoisotopic (exact) mass is 510 g/mol. The van der Waals surface area contributed by atoms with Crippen LogP contribution in [0, 0.1) is 0 Å². The zero-order chi connectivity index (χ0) is 26.7. The van der Waals surface area contributed by atoms with E-state index < -0.39 is 5.97 Å². The van der Waals surface area contributed by atoms with Crippen molar-refractivity contribution in [3.05, 3.63) is 119 Å². The lowest BCUT2D eigenvalue weighted by Gasteiger charge is -2.09. The molecule has 8 nitrogen and oxygen atoms in total. The lowest BCUT2D eigenvalue weighted by Crippen LogP contribution is -2.17. The van der Waals surface area contributed by atoms with E-state index in [4.69, 9.17) is 18.9 Å². The number of hydrogen-bond donors (Lipinski definition) is 1. The molecule has 0 atom stereocenters. The second kappa shape index (κ2) is 12.7. The Morgan fingerprint density at radius 3 is 2.11 bits per heavy atom. The van der Waals surface area contributed by atoms with E-state index in [0.717, 1.165) is 5.56 Å². The van der Waals surface area contributed by atoms with E-state index in [2.05, 4.69) is 10.5 Å². The summed E-state index contributed by atoms with van der Waals surface area (Å²) in [5.74, 6) is 1.10. The van der Waals surface area contributed by atoms with E-state index in [1.54, 1.807) is 66.7 Å². The van der Waals surface area contributed by atoms with Crippen LogP contribution in [0.15, 0.2) is 102 Å². The van der Waals surface area contributed by atoms with Crippen molar-refractivity contribution < 1.29 is 28.5 Å². The first-order valence-corrected chi connectivity index (χ1v) is 11.7. The highest BCUT2D eigenvalue weighted by Gasteiger charge is 2.13. The largest absolute Gasteiger partial charge is 0.493 e. The van der Waals surface area contributed by atoms with Crippen molar-refractivity contribution in [1.82, 2.24) is 5.43 Å². The first-order valence-electron chi connectivity index (χ1n) is 11.7. The molecule has 0 heterocycles. The summed E-state index contributed by atoms with van der Waals surface area (Å²) in [6.07, 6.45) is 1.50. The van der Waals surface area contributed by atoms with Gasteiger partial charge in [-0.25, -0.2) is 10.2 Å². The van der Waals surface area contributed by atoms with Crippen molar-refractivity contribution in [2.45, 2.75) is 6.61 Å². The van der Waals surface area contributed by atoms with Gasteiger partial charge in [-0.3, -0.25) is 4.79 Å². The van der Waals surface area contributed by atoms with Gasteiger partial charge in [-0.1, -0.05) is 30.3 Å². The molecule has 0 unspecified atom stereocenters. The minimum atomic E-state index is -0.531. The van der Waals surface area contributed by atoms with Gasteiger partial charge >= 0.3 is 5.97 Å². The third-order valence-electron chi connectivity index (χ3n) is 5.45. The molecule has 0 aliphatic heterocycles. The summed E-state index contributed by atoms with van der Waals surface area (Å²) < 4.78 is 21.6. The lowest BCUT2D eigenvalue weighted by molar-refractivity contribution is 0.0734. The van der Waals surface area contributed by atoms with E-state index in [-0.39, 0.29) is 5.91 Å². The van der Waals surface area contributed by atoms with Crippen molar-refractivity contribution in [3.8, 4) is 23.0 Å². The average molecular weight is 511 g/mol. The number of ether oxygens (including phenoxy) is 4. The third-order valence-corrected chi connectivity index (χ3v) is 5.45. The predicted octanol–water partition coefficient (Wildman–Crippen LogP) is 5.27. The fourth-order valence-corrected chi connectivity index (χ4v) is 3.42. The van der Waals surface area contributed by atoms with Crippen molar-refractivity contribution >= 4 is 18.1 Å². The molecule has 0 aliphatic rings. The summed E-state index contributed by atoms with van der Waals surface area (Å²) in [5.41, 5.74) is 5.04. The number of esters is 1. The van der Waals surface area contributed by atoms with Gasteiger partial charge in [-0.05, 0) is 77.9 Å². The Kier molecular flexibility index (Phi) is 8.70. The molecule has 4 aromatic carbocycles. The molecule has 0 fully saturated rings. The van der Waals surface area contributed by atoms with Crippen molar-refractivity contribution in [2.75, 3.05) is 14.2 Å². The maximum absolute atomic E-state index is 12.5. The molecule has 0 spiro atoms. The van der Waals surface area contributed by atoms with Gasteiger partial charge in [-0.2, -0.15) is 5.10 Å². The summed E-state index contributed by atoms with van der Waals surface area (Å²) >= 11 is 0. The molecule has 4 rings (SSSR count). The van der Waals surface area contributed by atoms with Gasteiger partial charge in [-0.15, -0.1) is 0 Å². The Hall–Kier alpha value is -5.11. The number of rotatable bonds is 10. The highest BCUT2D eigenvalue weighted by atomic mass is 16.5. The number of amides is 1. The molecule has 8 heteroatoms. The van der Waals surface area contributed by atoms with Crippen LogP contribution in [0.25, 0.3) is 0 Å². The average Bonchev–Trinajstić information content (AvgIpc) is 2.97. The van der Waals surface area contributed by atoms with E-state index >= 15 is 0 Å². The van der Waals surface area contributed by atoms with Crippen LogP contribution < -0.4 is 24.4 Å². The van der Waals surface area contributed by atoms with Gasteiger partial charge in [0, 0.05) is 5.56 Å². The fourth-order valence-electron chi connectivity index (χ4n) is 3.42. The number of carbonyl (C=O) groups is 2. The smallest absolute Gasteiger partial charge is 0.343 e. The SMILES string of the molecule is COc1ccc(C(=O)Oc2ccc(C=NNC(=O)c3ccc(OCc4ccccc4)cc3)cc2)cc1OC. The van der Waals surface area contributed by atoms with Crippen molar-refractivity contribution in [3.63, 3.8) is 0 Å². The van der Waals surface area contributed by atoms with Crippen LogP contribution in [0.4, 0.5) is 0 Å². The van der Waals surface area contributed by atoms with E-state index in [1.807, 2.05) is 30.3 Å². The highest BCUT2D eigenvalue weighted by Crippen LogP contribution is 2.28. The maximum Gasteiger partial charge on any atom is 0.343 e. The third kappa shape index (κ3) is 6.98. The molecular weight excluding hydrogens is 484 g/mol. The maximum atomic E-state index is 12.5. The van der Waals surface area contributed by atoms with Gasteiger partial charge < -0.3 is 18.9 Å². The Bertz CT molecular complexity index is 1400. The number of carbonyl (C=O) groups excluding carboxylic acids is 2. The molecule has 1 N–H and O–H groups in total. The fraction of sp³-hybridized carbons (Fsp3) is 0.100. The second-order valence-electron chi connectivity index (χ2n) is 8.03. The molecule has 192 valence electrons. The molecule has 0 bridgehead atoms. The van der Waals surface area contributed by atoms with E-state index in [0.29, 0.717) is 46.3 Å². The number of benzene rings is 4. The topological polar surface area (TPSA) is 95.5 Å². The van der Waals surface area contributed by atoms with Crippen LogP contribution in [0.5, 0.6) is 23.0 Å². The summed E-state index contributed by atoms with van der Waals surface area (Å²) in [6, 6.07) is 28.1. The van der Waals surface area contributed by atoms with Crippen LogP contribution in [-0.4, -0.2) is 32.3 Å². The van der Waals surface area contributed by atoms with Crippen molar-refractivity contribution in [2.24, 2.45) is 5.10 Å². The molecule has 0 aliphatic carbocycles. The Morgan fingerprint density at radius 2 is 1.42 bits per heavy atom. The molecule has 1 amide bonds. The van der Waals surface area contributed by atoms with Crippen molar-refractivity contribution in [1.29, 1.82) is 0 Å². The first-order chi connectivity index (χ1) is 18.6. The number of nitrogens with one attached hydrogen (secondary N) is 1. The van der Waals surface area contributed by atoms with Gasteiger partial charge in [0.25, 0.3) is 5.91 Å². The number of hydrazone groups is 1. The minimum absolute atomic E-state index is 0.326. The molecule has 0 saturated carbocycles. The molecule has 0 aromatic heterocycles. The molecule has 4 aromatic rings. The number of nitrogens with zero attached hydrogens (tertiary/aromatic N) is 1. The second-order valence-corrected chi connectivity index (χ2v) is 8.03. The Morgan fingerprint density at radius 1 is 0.763 bits per heavy atom. The Labute approximate surface area is 220 Å². The van der Waals surface area contributed by atoms with Crippen LogP contribution in [0.3, 0.4) is 0 Å². The lowest BCUT2D eigenvalue weighted by atomic mass is 10.2. The molecule has 38 heavy (non-hydrogen) atoms. The number of hydrogen-bond acceptors (Lipinski definition) is 7. The molecule has 0 saturated heterocycles.